The van der Waals surface area contributed by atoms with Crippen molar-refractivity contribution in [2.24, 2.45) is 5.73 Å². The molecule has 0 rings (SSSR count). The summed E-state index contributed by atoms with van der Waals surface area (Å²) in [4.78, 5) is 0. The minimum Gasteiger partial charge on any atom is -0.376 e. The zero-order valence-electron chi connectivity index (χ0n) is 8.99. The third-order valence-corrected chi connectivity index (χ3v) is 5.24. The predicted octanol–water partition coefficient (Wildman–Crippen LogP) is 0.0155. The maximum absolute atomic E-state index is 5.41. The molecule has 0 aliphatic heterocycles. The van der Waals surface area contributed by atoms with E-state index in [2.05, 4.69) is 5.32 Å². The first-order valence-electron chi connectivity index (χ1n) is 4.27. The van der Waals surface area contributed by atoms with Crippen LogP contribution in [0.2, 0.25) is 0 Å². The van der Waals surface area contributed by atoms with Crippen LogP contribution in [0.15, 0.2) is 0 Å². The van der Waals surface area contributed by atoms with Gasteiger partial charge in [-0.3, -0.25) is 0 Å². The lowest BCUT2D eigenvalue weighted by atomic mass is 10.5. The van der Waals surface area contributed by atoms with Gasteiger partial charge in [-0.05, 0) is 18.6 Å². The largest absolute Gasteiger partial charge is 0.523 e. The van der Waals surface area contributed by atoms with Crippen molar-refractivity contribution in [1.82, 2.24) is 5.32 Å². The van der Waals surface area contributed by atoms with Gasteiger partial charge < -0.3 is 24.3 Å². The summed E-state index contributed by atoms with van der Waals surface area (Å²) in [6.45, 7) is 1.98. The van der Waals surface area contributed by atoms with Crippen LogP contribution in [0.1, 0.15) is 13.3 Å². The molecule has 0 aliphatic carbocycles. The first-order chi connectivity index (χ1) is 6.56. The highest BCUT2D eigenvalue weighted by Crippen LogP contribution is 2.14. The van der Waals surface area contributed by atoms with Gasteiger partial charge >= 0.3 is 8.80 Å². The van der Waals surface area contributed by atoms with Crippen LogP contribution in [-0.4, -0.2) is 40.9 Å². The van der Waals surface area contributed by atoms with E-state index < -0.39 is 8.80 Å². The van der Waals surface area contributed by atoms with Crippen molar-refractivity contribution >= 4 is 26.1 Å². The smallest absolute Gasteiger partial charge is 0.376 e. The fourth-order valence-corrected chi connectivity index (χ4v) is 3.72. The monoisotopic (exact) mass is 238 g/mol. The normalized spacial score (nSPS) is 13.7. The van der Waals surface area contributed by atoms with Crippen LogP contribution in [0.25, 0.3) is 0 Å². The van der Waals surface area contributed by atoms with Crippen LogP contribution in [-0.2, 0) is 13.3 Å². The molecule has 0 aromatic rings. The summed E-state index contributed by atoms with van der Waals surface area (Å²) >= 11 is 4.77. The fourth-order valence-electron chi connectivity index (χ4n) is 1.29. The van der Waals surface area contributed by atoms with Crippen LogP contribution >= 0.6 is 12.2 Å². The molecule has 1 atom stereocenters. The van der Waals surface area contributed by atoms with Crippen molar-refractivity contribution in [2.45, 2.75) is 19.0 Å². The number of nitrogens with two attached hydrogens (primary N) is 1. The van der Waals surface area contributed by atoms with Crippen LogP contribution in [0, 0.1) is 0 Å². The van der Waals surface area contributed by atoms with E-state index in [1.807, 2.05) is 6.92 Å². The van der Waals surface area contributed by atoms with Gasteiger partial charge in [0, 0.05) is 21.3 Å². The third kappa shape index (κ3) is 3.17. The summed E-state index contributed by atoms with van der Waals surface area (Å²) in [5.41, 5.74) is 5.29. The predicted molar refractivity (Wildman–Crippen MR) is 60.8 cm³/mol. The Labute approximate surface area is 91.3 Å². The van der Waals surface area contributed by atoms with E-state index in [1.54, 1.807) is 21.3 Å². The van der Waals surface area contributed by atoms with Crippen molar-refractivity contribution in [3.8, 4) is 0 Å². The molecular formula is C7H18N2O3SSi. The van der Waals surface area contributed by atoms with E-state index in [1.165, 1.54) is 0 Å². The molecule has 0 spiro atoms. The molecule has 0 fully saturated rings. The molecular weight excluding hydrogens is 220 g/mol. The second-order valence-electron chi connectivity index (χ2n) is 2.69. The van der Waals surface area contributed by atoms with Crippen molar-refractivity contribution in [1.29, 1.82) is 0 Å². The summed E-state index contributed by atoms with van der Waals surface area (Å²) in [5.74, 6) is 0. The van der Waals surface area contributed by atoms with Crippen LogP contribution in [0.5, 0.6) is 0 Å². The summed E-state index contributed by atoms with van der Waals surface area (Å²) in [5, 5.41) is 3.14. The maximum Gasteiger partial charge on any atom is 0.523 e. The molecule has 0 aliphatic rings. The number of nitrogens with one attached hydrogen (secondary N) is 1. The zero-order valence-corrected chi connectivity index (χ0v) is 10.8. The summed E-state index contributed by atoms with van der Waals surface area (Å²) in [6, 6.07) is 0. The van der Waals surface area contributed by atoms with Gasteiger partial charge in [-0.2, -0.15) is 0 Å². The number of thiocarbonyl (C=S) groups is 1. The van der Waals surface area contributed by atoms with Gasteiger partial charge in [-0.15, -0.1) is 0 Å². The lowest BCUT2D eigenvalue weighted by Crippen LogP contribution is -2.62. The first kappa shape index (κ1) is 13.8. The molecule has 0 saturated heterocycles. The molecule has 7 heteroatoms. The Bertz CT molecular complexity index is 182. The van der Waals surface area contributed by atoms with Gasteiger partial charge in [0.2, 0.25) is 0 Å². The molecule has 0 radical (unpaired) electrons. The molecule has 0 amide bonds. The van der Waals surface area contributed by atoms with Gasteiger partial charge in [0.05, 0.1) is 5.67 Å². The standard InChI is InChI=1S/C7H18N2O3SSi/c1-5-6(9-7(8)13)14(10-2,11-3)12-4/h6H,5H2,1-4H3,(H3,8,9,13). The van der Waals surface area contributed by atoms with Crippen LogP contribution < -0.4 is 11.1 Å². The van der Waals surface area contributed by atoms with E-state index in [0.717, 1.165) is 6.42 Å². The van der Waals surface area contributed by atoms with Gasteiger partial charge in [0.25, 0.3) is 0 Å². The zero-order chi connectivity index (χ0) is 11.2. The Kier molecular flexibility index (Phi) is 6.21. The Balaban J connectivity index is 4.64. The molecule has 0 saturated carbocycles. The summed E-state index contributed by atoms with van der Waals surface area (Å²) in [6.07, 6.45) is 0.763. The third-order valence-electron chi connectivity index (χ3n) is 2.01. The Morgan fingerprint density at radius 2 is 1.79 bits per heavy atom. The highest BCUT2D eigenvalue weighted by molar-refractivity contribution is 7.80. The van der Waals surface area contributed by atoms with Gasteiger partial charge in [0.1, 0.15) is 0 Å². The second kappa shape index (κ2) is 6.30. The molecule has 14 heavy (non-hydrogen) atoms. The van der Waals surface area contributed by atoms with Crippen molar-refractivity contribution in [3.63, 3.8) is 0 Å². The minimum absolute atomic E-state index is 0.111. The molecule has 5 nitrogen and oxygen atoms in total. The highest BCUT2D eigenvalue weighted by Gasteiger charge is 2.46. The topological polar surface area (TPSA) is 65.7 Å². The van der Waals surface area contributed by atoms with Crippen molar-refractivity contribution < 1.29 is 13.3 Å². The van der Waals surface area contributed by atoms with E-state index in [4.69, 9.17) is 31.2 Å². The van der Waals surface area contributed by atoms with E-state index in [-0.39, 0.29) is 10.8 Å². The Morgan fingerprint density at radius 3 is 2.00 bits per heavy atom. The molecule has 3 N–H and O–H groups in total. The maximum atomic E-state index is 5.41. The van der Waals surface area contributed by atoms with Gasteiger partial charge in [0.15, 0.2) is 5.11 Å². The molecule has 1 unspecified atom stereocenters. The van der Waals surface area contributed by atoms with Crippen LogP contribution in [0.4, 0.5) is 0 Å². The van der Waals surface area contributed by atoms with Crippen LogP contribution in [0.3, 0.4) is 0 Å². The SMILES string of the molecule is CCC(NC(N)=S)[Si](OC)(OC)OC. The van der Waals surface area contributed by atoms with Gasteiger partial charge in [-0.1, -0.05) is 6.92 Å². The number of hydrogen-bond donors (Lipinski definition) is 2. The van der Waals surface area contributed by atoms with Gasteiger partial charge in [-0.25, -0.2) is 0 Å². The molecule has 0 aromatic carbocycles. The second-order valence-corrected chi connectivity index (χ2v) is 6.25. The average molecular weight is 238 g/mol. The summed E-state index contributed by atoms with van der Waals surface area (Å²) in [7, 11) is 1.99. The lowest BCUT2D eigenvalue weighted by Gasteiger charge is -2.32. The first-order valence-corrected chi connectivity index (χ1v) is 6.48. The lowest BCUT2D eigenvalue weighted by molar-refractivity contribution is 0.109. The van der Waals surface area contributed by atoms with E-state index in [9.17, 15) is 0 Å². The molecule has 0 heterocycles. The molecule has 0 aromatic heterocycles. The quantitative estimate of drug-likeness (QED) is 0.502. The highest BCUT2D eigenvalue weighted by atomic mass is 32.1. The van der Waals surface area contributed by atoms with Crippen molar-refractivity contribution in [2.75, 3.05) is 21.3 Å². The fraction of sp³-hybridized carbons (Fsp3) is 0.857. The summed E-state index contributed by atoms with van der Waals surface area (Å²) < 4.78 is 15.9. The average Bonchev–Trinajstić information content (AvgIpc) is 2.19. The molecule has 0 bridgehead atoms. The Morgan fingerprint density at radius 1 is 1.36 bits per heavy atom. The number of hydrogen-bond acceptors (Lipinski definition) is 4. The number of rotatable bonds is 6. The van der Waals surface area contributed by atoms with E-state index in [0.29, 0.717) is 0 Å². The minimum atomic E-state index is -2.69. The van der Waals surface area contributed by atoms with Crippen molar-refractivity contribution in [3.05, 3.63) is 0 Å². The van der Waals surface area contributed by atoms with E-state index >= 15 is 0 Å². The molecule has 84 valence electrons. The Hall–Kier alpha value is -0.213.